The van der Waals surface area contributed by atoms with Crippen LogP contribution in [0.3, 0.4) is 0 Å². The van der Waals surface area contributed by atoms with E-state index in [0.29, 0.717) is 31.9 Å². The summed E-state index contributed by atoms with van der Waals surface area (Å²) in [5.74, 6) is -0.370. The van der Waals surface area contributed by atoms with Crippen LogP contribution in [0.15, 0.2) is 24.3 Å². The maximum Gasteiger partial charge on any atom is 0.240 e. The first kappa shape index (κ1) is 17.8. The fraction of sp³-hybridized carbons (Fsp3) is 0.556. The van der Waals surface area contributed by atoms with Gasteiger partial charge in [-0.25, -0.2) is 4.39 Å². The Morgan fingerprint density at radius 3 is 2.84 bits per heavy atom. The van der Waals surface area contributed by atoms with Crippen LogP contribution in [0.1, 0.15) is 12.0 Å². The molecule has 25 heavy (non-hydrogen) atoms. The van der Waals surface area contributed by atoms with Crippen LogP contribution in [0.5, 0.6) is 0 Å². The van der Waals surface area contributed by atoms with E-state index in [9.17, 15) is 14.0 Å². The Balaban J connectivity index is 1.40. The van der Waals surface area contributed by atoms with Gasteiger partial charge in [0, 0.05) is 32.7 Å². The molecule has 0 saturated carbocycles. The van der Waals surface area contributed by atoms with E-state index in [4.69, 9.17) is 4.74 Å². The van der Waals surface area contributed by atoms with Crippen molar-refractivity contribution in [2.45, 2.75) is 18.9 Å². The second-order valence-corrected chi connectivity index (χ2v) is 6.43. The SMILES string of the molecule is O=C(Cc1cccc(F)c1)NCCN1CCC(N2CCOCC2)C1=O. The van der Waals surface area contributed by atoms with Crippen molar-refractivity contribution in [3.8, 4) is 0 Å². The molecule has 0 spiro atoms. The molecule has 0 aromatic heterocycles. The van der Waals surface area contributed by atoms with Crippen molar-refractivity contribution in [1.29, 1.82) is 0 Å². The smallest absolute Gasteiger partial charge is 0.240 e. The standard InChI is InChI=1S/C18H24FN3O3/c19-15-3-1-2-14(12-15)13-17(23)20-5-7-22-6-4-16(18(22)24)21-8-10-25-11-9-21/h1-3,12,16H,4-11,13H2,(H,20,23). The van der Waals surface area contributed by atoms with Crippen LogP contribution in [0.4, 0.5) is 4.39 Å². The summed E-state index contributed by atoms with van der Waals surface area (Å²) >= 11 is 0. The van der Waals surface area contributed by atoms with Gasteiger partial charge in [0.15, 0.2) is 0 Å². The maximum absolute atomic E-state index is 13.1. The van der Waals surface area contributed by atoms with Gasteiger partial charge in [-0.15, -0.1) is 0 Å². The number of halogens is 1. The molecule has 0 bridgehead atoms. The number of nitrogens with zero attached hydrogens (tertiary/aromatic N) is 2. The molecule has 2 aliphatic heterocycles. The number of ether oxygens (including phenoxy) is 1. The molecule has 3 rings (SSSR count). The summed E-state index contributed by atoms with van der Waals surface area (Å²) < 4.78 is 18.5. The number of hydrogen-bond donors (Lipinski definition) is 1. The molecule has 1 atom stereocenters. The van der Waals surface area contributed by atoms with Crippen molar-refractivity contribution < 1.29 is 18.7 Å². The number of carbonyl (C=O) groups is 2. The summed E-state index contributed by atoms with van der Waals surface area (Å²) in [7, 11) is 0. The minimum Gasteiger partial charge on any atom is -0.379 e. The van der Waals surface area contributed by atoms with Crippen LogP contribution in [-0.4, -0.2) is 73.6 Å². The molecule has 136 valence electrons. The second kappa shape index (κ2) is 8.40. The lowest BCUT2D eigenvalue weighted by molar-refractivity contribution is -0.133. The Labute approximate surface area is 146 Å². The number of likely N-dealkylation sites (tertiary alicyclic amines) is 1. The van der Waals surface area contributed by atoms with E-state index in [1.165, 1.54) is 12.1 Å². The van der Waals surface area contributed by atoms with Crippen molar-refractivity contribution in [1.82, 2.24) is 15.1 Å². The summed E-state index contributed by atoms with van der Waals surface area (Å²) in [6.45, 7) is 4.61. The summed E-state index contributed by atoms with van der Waals surface area (Å²) in [4.78, 5) is 28.4. The summed E-state index contributed by atoms with van der Waals surface area (Å²) in [5.41, 5.74) is 0.641. The van der Waals surface area contributed by atoms with Gasteiger partial charge in [0.2, 0.25) is 11.8 Å². The molecule has 2 aliphatic rings. The number of amides is 2. The quantitative estimate of drug-likeness (QED) is 0.809. The summed E-state index contributed by atoms with van der Waals surface area (Å²) in [6, 6.07) is 5.97. The normalized spacial score (nSPS) is 21.6. The number of hydrogen-bond acceptors (Lipinski definition) is 4. The fourth-order valence-electron chi connectivity index (χ4n) is 3.40. The first-order valence-electron chi connectivity index (χ1n) is 8.75. The van der Waals surface area contributed by atoms with Crippen molar-refractivity contribution >= 4 is 11.8 Å². The summed E-state index contributed by atoms with van der Waals surface area (Å²) in [6.07, 6.45) is 0.970. The van der Waals surface area contributed by atoms with Gasteiger partial charge in [-0.1, -0.05) is 12.1 Å². The monoisotopic (exact) mass is 349 g/mol. The highest BCUT2D eigenvalue weighted by Gasteiger charge is 2.36. The third-order valence-electron chi connectivity index (χ3n) is 4.71. The minimum absolute atomic E-state index is 0.0492. The van der Waals surface area contributed by atoms with Crippen molar-refractivity contribution in [2.75, 3.05) is 45.9 Å². The van der Waals surface area contributed by atoms with E-state index < -0.39 is 0 Å². The van der Waals surface area contributed by atoms with E-state index in [0.717, 1.165) is 26.1 Å². The van der Waals surface area contributed by atoms with Gasteiger partial charge >= 0.3 is 0 Å². The average molecular weight is 349 g/mol. The number of carbonyl (C=O) groups excluding carboxylic acids is 2. The van der Waals surface area contributed by atoms with Crippen molar-refractivity contribution in [2.24, 2.45) is 0 Å². The predicted octanol–water partition coefficient (Wildman–Crippen LogP) is 0.418. The Morgan fingerprint density at radius 1 is 1.28 bits per heavy atom. The molecule has 1 aromatic rings. The molecule has 2 saturated heterocycles. The van der Waals surface area contributed by atoms with Crippen LogP contribution < -0.4 is 5.32 Å². The van der Waals surface area contributed by atoms with Crippen LogP contribution in [0.25, 0.3) is 0 Å². The second-order valence-electron chi connectivity index (χ2n) is 6.43. The molecule has 2 amide bonds. The minimum atomic E-state index is -0.345. The highest BCUT2D eigenvalue weighted by atomic mass is 19.1. The van der Waals surface area contributed by atoms with Crippen molar-refractivity contribution in [3.63, 3.8) is 0 Å². The van der Waals surface area contributed by atoms with Gasteiger partial charge < -0.3 is 15.0 Å². The molecular weight excluding hydrogens is 325 g/mol. The van der Waals surface area contributed by atoms with Crippen LogP contribution in [0.2, 0.25) is 0 Å². The number of benzene rings is 1. The van der Waals surface area contributed by atoms with Gasteiger partial charge in [0.25, 0.3) is 0 Å². The molecule has 2 fully saturated rings. The molecule has 0 radical (unpaired) electrons. The first-order chi connectivity index (χ1) is 12.1. The van der Waals surface area contributed by atoms with Gasteiger partial charge in [0.05, 0.1) is 25.7 Å². The molecule has 0 aliphatic carbocycles. The molecule has 6 nitrogen and oxygen atoms in total. The molecule has 1 N–H and O–H groups in total. The molecule has 7 heteroatoms. The fourth-order valence-corrected chi connectivity index (χ4v) is 3.40. The van der Waals surface area contributed by atoms with Crippen molar-refractivity contribution in [3.05, 3.63) is 35.6 Å². The zero-order chi connectivity index (χ0) is 17.6. The van der Waals surface area contributed by atoms with E-state index in [1.807, 2.05) is 4.90 Å². The Morgan fingerprint density at radius 2 is 2.08 bits per heavy atom. The lowest BCUT2D eigenvalue weighted by Gasteiger charge is -2.31. The van der Waals surface area contributed by atoms with Crippen LogP contribution in [0, 0.1) is 5.82 Å². The number of morpholine rings is 1. The maximum atomic E-state index is 13.1. The van der Waals surface area contributed by atoms with Gasteiger partial charge in [-0.2, -0.15) is 0 Å². The molecular formula is C18H24FN3O3. The molecule has 2 heterocycles. The Hall–Kier alpha value is -1.99. The summed E-state index contributed by atoms with van der Waals surface area (Å²) in [5, 5.41) is 2.80. The topological polar surface area (TPSA) is 61.9 Å². The molecule has 1 aromatic carbocycles. The average Bonchev–Trinajstić information content (AvgIpc) is 2.96. The van der Waals surface area contributed by atoms with E-state index >= 15 is 0 Å². The van der Waals surface area contributed by atoms with Gasteiger partial charge in [-0.05, 0) is 24.1 Å². The van der Waals surface area contributed by atoms with Gasteiger partial charge in [-0.3, -0.25) is 14.5 Å². The lowest BCUT2D eigenvalue weighted by Crippen LogP contribution is -2.48. The van der Waals surface area contributed by atoms with Crippen LogP contribution >= 0.6 is 0 Å². The number of rotatable bonds is 6. The number of nitrogens with one attached hydrogen (secondary N) is 1. The predicted molar refractivity (Wildman–Crippen MR) is 90.5 cm³/mol. The zero-order valence-electron chi connectivity index (χ0n) is 14.2. The zero-order valence-corrected chi connectivity index (χ0v) is 14.2. The lowest BCUT2D eigenvalue weighted by atomic mass is 10.1. The Kier molecular flexibility index (Phi) is 5.99. The third-order valence-corrected chi connectivity index (χ3v) is 4.71. The van der Waals surface area contributed by atoms with Gasteiger partial charge in [0.1, 0.15) is 5.82 Å². The largest absolute Gasteiger partial charge is 0.379 e. The van der Waals surface area contributed by atoms with Crippen LogP contribution in [-0.2, 0) is 20.7 Å². The van der Waals surface area contributed by atoms with E-state index in [-0.39, 0.29) is 30.1 Å². The Bertz CT molecular complexity index is 619. The first-order valence-corrected chi connectivity index (χ1v) is 8.75. The highest BCUT2D eigenvalue weighted by molar-refractivity contribution is 5.84. The molecule has 1 unspecified atom stereocenters. The highest BCUT2D eigenvalue weighted by Crippen LogP contribution is 2.18. The third kappa shape index (κ3) is 4.76. The van der Waals surface area contributed by atoms with E-state index in [2.05, 4.69) is 10.2 Å². The van der Waals surface area contributed by atoms with E-state index in [1.54, 1.807) is 12.1 Å².